The number of aromatic nitrogens is 5. The van der Waals surface area contributed by atoms with Crippen LogP contribution in [0.15, 0.2) is 18.7 Å². The molecule has 0 unspecified atom stereocenters. The highest BCUT2D eigenvalue weighted by Gasteiger charge is 2.07. The number of rotatable bonds is 3. The molecule has 7 nitrogen and oxygen atoms in total. The van der Waals surface area contributed by atoms with E-state index in [0.717, 1.165) is 5.82 Å². The fraction of sp³-hybridized carbons (Fsp3) is 0.250. The number of carbonyl (C=O) groups is 1. The average Bonchev–Trinajstić information content (AvgIpc) is 2.77. The molecule has 0 bridgehead atoms. The molecular formula is C8H9N5O2. The van der Waals surface area contributed by atoms with E-state index in [9.17, 15) is 4.79 Å². The lowest BCUT2D eigenvalue weighted by atomic mass is 10.4. The number of carboxylic acids is 1. The van der Waals surface area contributed by atoms with Gasteiger partial charge in [0, 0.05) is 13.2 Å². The largest absolute Gasteiger partial charge is 0.478 e. The molecule has 1 N–H and O–H groups in total. The summed E-state index contributed by atoms with van der Waals surface area (Å²) in [5, 5.41) is 16.5. The van der Waals surface area contributed by atoms with E-state index in [-0.39, 0.29) is 5.56 Å². The number of aromatic carboxylic acids is 1. The van der Waals surface area contributed by atoms with Crippen LogP contribution in [0, 0.1) is 0 Å². The summed E-state index contributed by atoms with van der Waals surface area (Å²) in [5.41, 5.74) is 0.164. The lowest BCUT2D eigenvalue weighted by Crippen LogP contribution is -2.07. The van der Waals surface area contributed by atoms with E-state index in [1.54, 1.807) is 11.7 Å². The molecule has 0 fully saturated rings. The standard InChI is InChI=1S/C8H9N5O2/c1-12-7(9-5-11-12)4-13-3-6(2-10-13)8(14)15/h2-3,5H,4H2,1H3,(H,14,15). The van der Waals surface area contributed by atoms with Gasteiger partial charge in [0.2, 0.25) is 0 Å². The highest BCUT2D eigenvalue weighted by molar-refractivity contribution is 5.86. The maximum absolute atomic E-state index is 10.6. The van der Waals surface area contributed by atoms with Crippen LogP contribution in [-0.2, 0) is 13.6 Å². The summed E-state index contributed by atoms with van der Waals surface area (Å²) in [4.78, 5) is 14.6. The molecule has 2 aromatic rings. The maximum Gasteiger partial charge on any atom is 0.338 e. The van der Waals surface area contributed by atoms with E-state index in [1.165, 1.54) is 23.4 Å². The predicted molar refractivity (Wildman–Crippen MR) is 49.3 cm³/mol. The van der Waals surface area contributed by atoms with Gasteiger partial charge in [-0.3, -0.25) is 9.36 Å². The van der Waals surface area contributed by atoms with Gasteiger partial charge in [0.1, 0.15) is 18.7 Å². The van der Waals surface area contributed by atoms with Crippen molar-refractivity contribution in [1.82, 2.24) is 24.5 Å². The zero-order valence-electron chi connectivity index (χ0n) is 8.03. The van der Waals surface area contributed by atoms with Crippen LogP contribution < -0.4 is 0 Å². The average molecular weight is 207 g/mol. The van der Waals surface area contributed by atoms with E-state index >= 15 is 0 Å². The number of nitrogens with zero attached hydrogens (tertiary/aromatic N) is 5. The molecule has 2 heterocycles. The molecular weight excluding hydrogens is 198 g/mol. The van der Waals surface area contributed by atoms with Crippen LogP contribution in [0.5, 0.6) is 0 Å². The van der Waals surface area contributed by atoms with Crippen molar-refractivity contribution in [1.29, 1.82) is 0 Å². The first kappa shape index (κ1) is 9.38. The fourth-order valence-corrected chi connectivity index (χ4v) is 1.17. The van der Waals surface area contributed by atoms with Crippen molar-refractivity contribution in [3.8, 4) is 0 Å². The summed E-state index contributed by atoms with van der Waals surface area (Å²) >= 11 is 0. The molecule has 0 aromatic carbocycles. The Balaban J connectivity index is 2.18. The minimum Gasteiger partial charge on any atom is -0.478 e. The molecule has 0 aliphatic carbocycles. The van der Waals surface area contributed by atoms with Gasteiger partial charge in [-0.15, -0.1) is 0 Å². The van der Waals surface area contributed by atoms with Gasteiger partial charge in [0.15, 0.2) is 0 Å². The van der Waals surface area contributed by atoms with Gasteiger partial charge in [-0.1, -0.05) is 0 Å². The fourth-order valence-electron chi connectivity index (χ4n) is 1.17. The molecule has 2 rings (SSSR count). The topological polar surface area (TPSA) is 85.8 Å². The van der Waals surface area contributed by atoms with E-state index in [1.807, 2.05) is 0 Å². The van der Waals surface area contributed by atoms with E-state index < -0.39 is 5.97 Å². The number of hydrogen-bond donors (Lipinski definition) is 1. The van der Waals surface area contributed by atoms with Crippen molar-refractivity contribution in [3.05, 3.63) is 30.1 Å². The molecule has 2 aromatic heterocycles. The zero-order chi connectivity index (χ0) is 10.8. The van der Waals surface area contributed by atoms with Crippen molar-refractivity contribution >= 4 is 5.97 Å². The highest BCUT2D eigenvalue weighted by Crippen LogP contribution is 2.00. The Hall–Kier alpha value is -2.18. The number of carboxylic acid groups (broad SMARTS) is 1. The second-order valence-electron chi connectivity index (χ2n) is 3.03. The van der Waals surface area contributed by atoms with Gasteiger partial charge in [-0.25, -0.2) is 9.78 Å². The lowest BCUT2D eigenvalue weighted by Gasteiger charge is -1.99. The predicted octanol–water partition coefficient (Wildman–Crippen LogP) is -0.242. The maximum atomic E-state index is 10.6. The van der Waals surface area contributed by atoms with Crippen molar-refractivity contribution in [2.75, 3.05) is 0 Å². The van der Waals surface area contributed by atoms with Crippen LogP contribution in [0.25, 0.3) is 0 Å². The van der Waals surface area contributed by atoms with Crippen LogP contribution in [0.3, 0.4) is 0 Å². The molecule has 0 spiro atoms. The Bertz CT molecular complexity index is 487. The summed E-state index contributed by atoms with van der Waals surface area (Å²) in [6, 6.07) is 0. The van der Waals surface area contributed by atoms with Crippen LogP contribution in [0.2, 0.25) is 0 Å². The van der Waals surface area contributed by atoms with Gasteiger partial charge in [0.05, 0.1) is 11.8 Å². The molecule has 0 amide bonds. The quantitative estimate of drug-likeness (QED) is 0.750. The summed E-state index contributed by atoms with van der Waals surface area (Å²) in [7, 11) is 1.77. The second-order valence-corrected chi connectivity index (χ2v) is 3.03. The minimum atomic E-state index is -0.987. The van der Waals surface area contributed by atoms with E-state index in [0.29, 0.717) is 6.54 Å². The van der Waals surface area contributed by atoms with E-state index in [4.69, 9.17) is 5.11 Å². The van der Waals surface area contributed by atoms with Gasteiger partial charge in [0.25, 0.3) is 0 Å². The molecule has 7 heteroatoms. The second kappa shape index (κ2) is 3.52. The van der Waals surface area contributed by atoms with Crippen LogP contribution in [0.4, 0.5) is 0 Å². The Morgan fingerprint density at radius 2 is 2.33 bits per heavy atom. The van der Waals surface area contributed by atoms with Crippen LogP contribution in [-0.4, -0.2) is 35.6 Å². The molecule has 15 heavy (non-hydrogen) atoms. The Labute approximate surface area is 85.0 Å². The monoisotopic (exact) mass is 207 g/mol. The summed E-state index contributed by atoms with van der Waals surface area (Å²) in [6.45, 7) is 0.407. The molecule has 0 aliphatic rings. The third-order valence-electron chi connectivity index (χ3n) is 1.99. The van der Waals surface area contributed by atoms with Crippen molar-refractivity contribution in [2.45, 2.75) is 6.54 Å². The Morgan fingerprint density at radius 1 is 1.53 bits per heavy atom. The third-order valence-corrected chi connectivity index (χ3v) is 1.99. The van der Waals surface area contributed by atoms with E-state index in [2.05, 4.69) is 15.2 Å². The van der Waals surface area contributed by atoms with Gasteiger partial charge < -0.3 is 5.11 Å². The normalized spacial score (nSPS) is 10.5. The summed E-state index contributed by atoms with van der Waals surface area (Å²) < 4.78 is 3.12. The first-order valence-corrected chi connectivity index (χ1v) is 4.25. The molecule has 0 aliphatic heterocycles. The molecule has 0 radical (unpaired) electrons. The summed E-state index contributed by atoms with van der Waals surface area (Å²) in [5.74, 6) is -0.269. The minimum absolute atomic E-state index is 0.164. The Kier molecular flexibility index (Phi) is 2.20. The van der Waals surface area contributed by atoms with Crippen molar-refractivity contribution < 1.29 is 9.90 Å². The first-order valence-electron chi connectivity index (χ1n) is 4.25. The van der Waals surface area contributed by atoms with Crippen molar-refractivity contribution in [3.63, 3.8) is 0 Å². The molecule has 0 saturated heterocycles. The van der Waals surface area contributed by atoms with Gasteiger partial charge in [-0.2, -0.15) is 10.2 Å². The Morgan fingerprint density at radius 3 is 2.87 bits per heavy atom. The molecule has 78 valence electrons. The molecule has 0 atom stereocenters. The van der Waals surface area contributed by atoms with Gasteiger partial charge >= 0.3 is 5.97 Å². The highest BCUT2D eigenvalue weighted by atomic mass is 16.4. The SMILES string of the molecule is Cn1ncnc1Cn1cc(C(=O)O)cn1. The lowest BCUT2D eigenvalue weighted by molar-refractivity contribution is 0.0697. The summed E-state index contributed by atoms with van der Waals surface area (Å²) in [6.07, 6.45) is 4.20. The molecule has 0 saturated carbocycles. The first-order chi connectivity index (χ1) is 7.16. The number of aryl methyl sites for hydroxylation is 1. The number of hydrogen-bond acceptors (Lipinski definition) is 4. The van der Waals surface area contributed by atoms with Crippen LogP contribution >= 0.6 is 0 Å². The third kappa shape index (κ3) is 1.85. The van der Waals surface area contributed by atoms with Crippen LogP contribution in [0.1, 0.15) is 16.2 Å². The smallest absolute Gasteiger partial charge is 0.338 e. The van der Waals surface area contributed by atoms with Crippen molar-refractivity contribution in [2.24, 2.45) is 7.05 Å². The zero-order valence-corrected chi connectivity index (χ0v) is 8.03. The van der Waals surface area contributed by atoms with Gasteiger partial charge in [-0.05, 0) is 0 Å².